The van der Waals surface area contributed by atoms with Crippen molar-refractivity contribution in [3.63, 3.8) is 0 Å². The fraction of sp³-hybridized carbons (Fsp3) is 0.350. The van der Waals surface area contributed by atoms with Crippen molar-refractivity contribution in [2.45, 2.75) is 6.92 Å². The first-order chi connectivity index (χ1) is 12.2. The van der Waals surface area contributed by atoms with Crippen molar-refractivity contribution in [2.24, 2.45) is 0 Å². The number of amides is 1. The van der Waals surface area contributed by atoms with Crippen molar-refractivity contribution in [1.82, 2.24) is 4.90 Å². The van der Waals surface area contributed by atoms with Gasteiger partial charge in [-0.25, -0.2) is 0 Å². The van der Waals surface area contributed by atoms with E-state index >= 15 is 0 Å². The molecule has 0 atom stereocenters. The molecule has 1 saturated heterocycles. The van der Waals surface area contributed by atoms with Gasteiger partial charge in [0.1, 0.15) is 5.75 Å². The number of nitrogens with zero attached hydrogens (tertiary/aromatic N) is 2. The molecule has 1 amide bonds. The molecule has 132 valence electrons. The molecule has 1 N–H and O–H groups in total. The van der Waals surface area contributed by atoms with Crippen molar-refractivity contribution in [3.05, 3.63) is 54.1 Å². The second-order valence-electron chi connectivity index (χ2n) is 6.29. The second-order valence-corrected chi connectivity index (χ2v) is 6.29. The normalized spacial score (nSPS) is 14.3. The van der Waals surface area contributed by atoms with Gasteiger partial charge in [-0.3, -0.25) is 4.79 Å². The van der Waals surface area contributed by atoms with E-state index in [0.717, 1.165) is 37.6 Å². The molecule has 0 radical (unpaired) electrons. The van der Waals surface area contributed by atoms with Gasteiger partial charge >= 0.3 is 0 Å². The zero-order valence-electron chi connectivity index (χ0n) is 14.9. The van der Waals surface area contributed by atoms with Gasteiger partial charge < -0.3 is 19.9 Å². The molecule has 5 heteroatoms. The Hall–Kier alpha value is -2.69. The minimum Gasteiger partial charge on any atom is -0.497 e. The van der Waals surface area contributed by atoms with Gasteiger partial charge in [-0.2, -0.15) is 0 Å². The third-order valence-electron chi connectivity index (χ3n) is 4.51. The number of hydrogen-bond acceptors (Lipinski definition) is 4. The van der Waals surface area contributed by atoms with Gasteiger partial charge in [-0.15, -0.1) is 0 Å². The molecule has 0 bridgehead atoms. The standard InChI is InChI=1S/C20H25N3O2/c1-16-5-3-7-18(13-16)22-9-11-23(12-10-22)20(24)15-21-17-6-4-8-19(14-17)25-2/h3-8,13-14,21H,9-12,15H2,1-2H3. The van der Waals surface area contributed by atoms with E-state index in [2.05, 4.69) is 41.4 Å². The molecule has 25 heavy (non-hydrogen) atoms. The Morgan fingerprint density at radius 1 is 1.08 bits per heavy atom. The lowest BCUT2D eigenvalue weighted by atomic mass is 10.2. The minimum atomic E-state index is 0.131. The van der Waals surface area contributed by atoms with Crippen molar-refractivity contribution in [2.75, 3.05) is 50.1 Å². The van der Waals surface area contributed by atoms with Crippen LogP contribution in [0.1, 0.15) is 5.56 Å². The van der Waals surface area contributed by atoms with Crippen LogP contribution in [-0.4, -0.2) is 50.6 Å². The van der Waals surface area contributed by atoms with E-state index in [0.29, 0.717) is 6.54 Å². The lowest BCUT2D eigenvalue weighted by Crippen LogP contribution is -2.50. The molecule has 0 saturated carbocycles. The van der Waals surface area contributed by atoms with E-state index < -0.39 is 0 Å². The largest absolute Gasteiger partial charge is 0.497 e. The zero-order valence-corrected chi connectivity index (χ0v) is 14.9. The van der Waals surface area contributed by atoms with Crippen molar-refractivity contribution < 1.29 is 9.53 Å². The number of hydrogen-bond donors (Lipinski definition) is 1. The molecule has 2 aromatic carbocycles. The molecule has 5 nitrogen and oxygen atoms in total. The average Bonchev–Trinajstić information content (AvgIpc) is 2.66. The van der Waals surface area contributed by atoms with Gasteiger partial charge in [0.25, 0.3) is 0 Å². The van der Waals surface area contributed by atoms with Crippen molar-refractivity contribution >= 4 is 17.3 Å². The highest BCUT2D eigenvalue weighted by atomic mass is 16.5. The highest BCUT2D eigenvalue weighted by Gasteiger charge is 2.21. The summed E-state index contributed by atoms with van der Waals surface area (Å²) in [7, 11) is 1.64. The first kappa shape index (κ1) is 17.1. The van der Waals surface area contributed by atoms with Gasteiger partial charge in [-0.05, 0) is 36.8 Å². The fourth-order valence-electron chi connectivity index (χ4n) is 3.06. The summed E-state index contributed by atoms with van der Waals surface area (Å²) in [4.78, 5) is 16.7. The summed E-state index contributed by atoms with van der Waals surface area (Å²) in [5, 5.41) is 3.18. The third kappa shape index (κ3) is 4.44. The Morgan fingerprint density at radius 2 is 1.84 bits per heavy atom. The van der Waals surface area contributed by atoms with Crippen LogP contribution in [0, 0.1) is 6.92 Å². The number of carbonyl (C=O) groups excluding carboxylic acids is 1. The molecule has 0 aromatic heterocycles. The first-order valence-corrected chi connectivity index (χ1v) is 8.63. The summed E-state index contributed by atoms with van der Waals surface area (Å²) in [5.41, 5.74) is 3.39. The van der Waals surface area contributed by atoms with Gasteiger partial charge in [0.15, 0.2) is 0 Å². The molecule has 1 aliphatic heterocycles. The quantitative estimate of drug-likeness (QED) is 0.910. The summed E-state index contributed by atoms with van der Waals surface area (Å²) in [5.74, 6) is 0.913. The number of benzene rings is 2. The predicted octanol–water partition coefficient (Wildman–Crippen LogP) is 2.76. The number of piperazine rings is 1. The van der Waals surface area contributed by atoms with Crippen LogP contribution in [0.25, 0.3) is 0 Å². The highest BCUT2D eigenvalue weighted by Crippen LogP contribution is 2.19. The third-order valence-corrected chi connectivity index (χ3v) is 4.51. The van der Waals surface area contributed by atoms with Crippen LogP contribution in [-0.2, 0) is 4.79 Å². The summed E-state index contributed by atoms with van der Waals surface area (Å²) in [6, 6.07) is 16.1. The van der Waals surface area contributed by atoms with Gasteiger partial charge in [0.2, 0.25) is 5.91 Å². The van der Waals surface area contributed by atoms with Gasteiger partial charge in [0.05, 0.1) is 13.7 Å². The van der Waals surface area contributed by atoms with Crippen LogP contribution >= 0.6 is 0 Å². The van der Waals surface area contributed by atoms with E-state index in [9.17, 15) is 4.79 Å². The zero-order chi connectivity index (χ0) is 17.6. The van der Waals surface area contributed by atoms with E-state index in [-0.39, 0.29) is 5.91 Å². The molecule has 1 heterocycles. The summed E-state index contributed by atoms with van der Waals surface area (Å²) in [6.45, 7) is 5.66. The number of rotatable bonds is 5. The number of anilines is 2. The Labute approximate surface area is 149 Å². The maximum atomic E-state index is 12.4. The molecule has 1 fully saturated rings. The monoisotopic (exact) mass is 339 g/mol. The molecule has 3 rings (SSSR count). The van der Waals surface area contributed by atoms with Crippen LogP contribution < -0.4 is 15.0 Å². The average molecular weight is 339 g/mol. The smallest absolute Gasteiger partial charge is 0.241 e. The van der Waals surface area contributed by atoms with Gasteiger partial charge in [0, 0.05) is 43.6 Å². The van der Waals surface area contributed by atoms with Crippen LogP contribution in [0.2, 0.25) is 0 Å². The van der Waals surface area contributed by atoms with Crippen LogP contribution in [0.3, 0.4) is 0 Å². The lowest BCUT2D eigenvalue weighted by Gasteiger charge is -2.36. The first-order valence-electron chi connectivity index (χ1n) is 8.63. The maximum absolute atomic E-state index is 12.4. The van der Waals surface area contributed by atoms with Crippen LogP contribution in [0.4, 0.5) is 11.4 Å². The Kier molecular flexibility index (Phi) is 5.43. The summed E-state index contributed by atoms with van der Waals surface area (Å²) < 4.78 is 5.20. The number of methoxy groups -OCH3 is 1. The van der Waals surface area contributed by atoms with Crippen LogP contribution in [0.15, 0.2) is 48.5 Å². The van der Waals surface area contributed by atoms with E-state index in [1.165, 1.54) is 11.3 Å². The minimum absolute atomic E-state index is 0.131. The molecule has 0 unspecified atom stereocenters. The fourth-order valence-corrected chi connectivity index (χ4v) is 3.06. The summed E-state index contributed by atoms with van der Waals surface area (Å²) in [6.07, 6.45) is 0. The highest BCUT2D eigenvalue weighted by molar-refractivity contribution is 5.81. The lowest BCUT2D eigenvalue weighted by molar-refractivity contribution is -0.129. The molecular weight excluding hydrogens is 314 g/mol. The molecule has 2 aromatic rings. The Bertz CT molecular complexity index is 724. The molecular formula is C20H25N3O2. The topological polar surface area (TPSA) is 44.8 Å². The summed E-state index contributed by atoms with van der Waals surface area (Å²) >= 11 is 0. The number of carbonyl (C=O) groups is 1. The van der Waals surface area contributed by atoms with Crippen molar-refractivity contribution in [1.29, 1.82) is 0 Å². The van der Waals surface area contributed by atoms with E-state index in [1.54, 1.807) is 7.11 Å². The number of aryl methyl sites for hydroxylation is 1. The maximum Gasteiger partial charge on any atom is 0.241 e. The Morgan fingerprint density at radius 3 is 2.56 bits per heavy atom. The Balaban J connectivity index is 1.49. The molecule has 1 aliphatic rings. The van der Waals surface area contributed by atoms with Crippen molar-refractivity contribution in [3.8, 4) is 5.75 Å². The SMILES string of the molecule is COc1cccc(NCC(=O)N2CCN(c3cccc(C)c3)CC2)c1. The van der Waals surface area contributed by atoms with Crippen LogP contribution in [0.5, 0.6) is 5.75 Å². The molecule has 0 spiro atoms. The second kappa shape index (κ2) is 7.92. The molecule has 0 aliphatic carbocycles. The van der Waals surface area contributed by atoms with Gasteiger partial charge in [-0.1, -0.05) is 18.2 Å². The predicted molar refractivity (Wildman–Crippen MR) is 101 cm³/mol. The van der Waals surface area contributed by atoms with E-state index in [4.69, 9.17) is 4.74 Å². The van der Waals surface area contributed by atoms with E-state index in [1.807, 2.05) is 29.2 Å². The number of ether oxygens (including phenoxy) is 1. The number of nitrogens with one attached hydrogen (secondary N) is 1.